The molecule has 1 amide bonds. The summed E-state index contributed by atoms with van der Waals surface area (Å²) in [6.45, 7) is 6.45. The van der Waals surface area contributed by atoms with Crippen molar-refractivity contribution in [3.63, 3.8) is 0 Å². The third-order valence-corrected chi connectivity index (χ3v) is 2.96. The van der Waals surface area contributed by atoms with Crippen LogP contribution in [0.3, 0.4) is 0 Å². The topological polar surface area (TPSA) is 84.7 Å². The van der Waals surface area contributed by atoms with Crippen LogP contribution in [0.25, 0.3) is 0 Å². The highest BCUT2D eigenvalue weighted by molar-refractivity contribution is 6.27. The Balaban J connectivity index is 2.97. The average Bonchev–Trinajstić information content (AvgIpc) is 2.67. The molecule has 0 saturated carbocycles. The quantitative estimate of drug-likeness (QED) is 0.740. The summed E-state index contributed by atoms with van der Waals surface area (Å²) in [5.41, 5.74) is 11.9. The van der Waals surface area contributed by atoms with Crippen LogP contribution in [0.5, 0.6) is 0 Å². The van der Waals surface area contributed by atoms with Crippen LogP contribution in [0, 0.1) is 0 Å². The van der Waals surface area contributed by atoms with E-state index in [0.29, 0.717) is 29.7 Å². The van der Waals surface area contributed by atoms with Gasteiger partial charge in [-0.2, -0.15) is 0 Å². The van der Waals surface area contributed by atoms with Crippen molar-refractivity contribution in [3.05, 3.63) is 23.7 Å². The van der Waals surface area contributed by atoms with E-state index < -0.39 is 0 Å². The van der Waals surface area contributed by atoms with E-state index in [4.69, 9.17) is 11.5 Å². The second-order valence-corrected chi connectivity index (χ2v) is 5.38. The lowest BCUT2D eigenvalue weighted by molar-refractivity contribution is -0.128. The maximum absolute atomic E-state index is 12.4. The van der Waals surface area contributed by atoms with Gasteiger partial charge < -0.3 is 16.4 Å². The molecule has 1 aliphatic heterocycles. The predicted octanol–water partition coefficient (Wildman–Crippen LogP) is 0.723. The molecule has 0 bridgehead atoms. The molecular weight excluding hydrogens is 247 g/mol. The summed E-state index contributed by atoms with van der Waals surface area (Å²) in [5, 5.41) is 0. The number of nitrogens with zero attached hydrogens (tertiary/aromatic N) is 2. The van der Waals surface area contributed by atoms with E-state index in [1.54, 1.807) is 4.90 Å². The van der Waals surface area contributed by atoms with Crippen molar-refractivity contribution in [1.29, 1.82) is 0 Å². The van der Waals surface area contributed by atoms with Gasteiger partial charge >= 0.3 is 0 Å². The summed E-state index contributed by atoms with van der Waals surface area (Å²) in [5.74, 6) is -0.146. The summed E-state index contributed by atoms with van der Waals surface area (Å²) in [7, 11) is 0. The molecule has 1 fully saturated rings. The number of hydrogen-bond acceptors (Lipinski definition) is 4. The number of carbonyl (C=O) groups is 1. The van der Waals surface area contributed by atoms with Crippen molar-refractivity contribution in [1.82, 2.24) is 4.90 Å². The number of aliphatic imine (C=N–C) groups is 1. The molecule has 0 aromatic carbocycles. The van der Waals surface area contributed by atoms with Gasteiger partial charge in [0.1, 0.15) is 0 Å². The maximum atomic E-state index is 12.4. The number of halogens is 1. The number of amides is 1. The lowest BCUT2D eigenvalue weighted by Crippen LogP contribution is -2.42. The lowest BCUT2D eigenvalue weighted by Gasteiger charge is -2.30. The van der Waals surface area contributed by atoms with Gasteiger partial charge in [0.2, 0.25) is 0 Å². The molecule has 19 heavy (non-hydrogen) atoms. The van der Waals surface area contributed by atoms with E-state index >= 15 is 0 Å². The lowest BCUT2D eigenvalue weighted by atomic mass is 10.1. The van der Waals surface area contributed by atoms with Crippen LogP contribution < -0.4 is 11.5 Å². The van der Waals surface area contributed by atoms with Gasteiger partial charge in [0.05, 0.1) is 30.7 Å². The van der Waals surface area contributed by atoms with Crippen molar-refractivity contribution in [3.8, 4) is 0 Å². The first-order chi connectivity index (χ1) is 8.85. The Morgan fingerprint density at radius 1 is 1.53 bits per heavy atom. The van der Waals surface area contributed by atoms with Crippen molar-refractivity contribution in [2.75, 3.05) is 19.6 Å². The summed E-state index contributed by atoms with van der Waals surface area (Å²) in [4.78, 5) is 18.1. The fraction of sp³-hybridized carbons (Fsp3) is 0.538. The van der Waals surface area contributed by atoms with Crippen LogP contribution >= 0.6 is 0 Å². The Morgan fingerprint density at radius 2 is 2.16 bits per heavy atom. The molecule has 1 saturated heterocycles. The van der Waals surface area contributed by atoms with Crippen molar-refractivity contribution in [2.45, 2.75) is 26.3 Å². The second-order valence-electron chi connectivity index (χ2n) is 5.38. The zero-order valence-electron chi connectivity index (χ0n) is 11.6. The molecule has 1 rings (SSSR count). The minimum Gasteiger partial charge on any atom is -0.404 e. The standard InChI is InChI=1S/C13H21FN4O/c1-13(2,3)18-8-11(10(6-16)12(18)19)17-7-9(4-14)5-15/h4,6H,5,7-8,15-16H2,1-3H3/b9-4+,10-6?,17-11?. The van der Waals surface area contributed by atoms with Gasteiger partial charge in [-0.05, 0) is 26.3 Å². The molecule has 4 N–H and O–H groups in total. The second kappa shape index (κ2) is 5.97. The number of rotatable bonds is 3. The van der Waals surface area contributed by atoms with E-state index in [2.05, 4.69) is 4.99 Å². The van der Waals surface area contributed by atoms with Gasteiger partial charge in [-0.15, -0.1) is 0 Å². The van der Waals surface area contributed by atoms with Crippen LogP contribution in [0.1, 0.15) is 20.8 Å². The first kappa shape index (κ1) is 15.4. The summed E-state index contributed by atoms with van der Waals surface area (Å²) >= 11 is 0. The van der Waals surface area contributed by atoms with Crippen molar-refractivity contribution < 1.29 is 9.18 Å². The van der Waals surface area contributed by atoms with E-state index in [1.165, 1.54) is 6.20 Å². The monoisotopic (exact) mass is 268 g/mol. The van der Waals surface area contributed by atoms with E-state index in [9.17, 15) is 9.18 Å². The van der Waals surface area contributed by atoms with Crippen LogP contribution in [0.15, 0.2) is 28.7 Å². The van der Waals surface area contributed by atoms with Crippen LogP contribution in [0.4, 0.5) is 4.39 Å². The number of likely N-dealkylation sites (tertiary alicyclic amines) is 1. The van der Waals surface area contributed by atoms with Crippen molar-refractivity contribution >= 4 is 11.6 Å². The van der Waals surface area contributed by atoms with Gasteiger partial charge in [0, 0.05) is 18.3 Å². The normalized spacial score (nSPS) is 21.8. The average molecular weight is 268 g/mol. The Morgan fingerprint density at radius 3 is 2.58 bits per heavy atom. The van der Waals surface area contributed by atoms with Crippen LogP contribution in [0.2, 0.25) is 0 Å². The number of carbonyl (C=O) groups excluding carboxylic acids is 1. The molecule has 0 atom stereocenters. The molecule has 0 unspecified atom stereocenters. The predicted molar refractivity (Wildman–Crippen MR) is 74.3 cm³/mol. The molecule has 1 aliphatic rings. The highest BCUT2D eigenvalue weighted by Crippen LogP contribution is 2.23. The van der Waals surface area contributed by atoms with Gasteiger partial charge in [-0.25, -0.2) is 4.39 Å². The Labute approximate surface area is 112 Å². The smallest absolute Gasteiger partial charge is 0.258 e. The molecule has 6 heteroatoms. The zero-order chi connectivity index (χ0) is 14.6. The zero-order valence-corrected chi connectivity index (χ0v) is 11.6. The number of hydrogen-bond donors (Lipinski definition) is 2. The Hall–Kier alpha value is -1.69. The summed E-state index contributed by atoms with van der Waals surface area (Å²) in [6.07, 6.45) is 1.71. The van der Waals surface area contributed by atoms with Gasteiger partial charge in [-0.1, -0.05) is 0 Å². The Kier molecular flexibility index (Phi) is 4.83. The molecule has 5 nitrogen and oxygen atoms in total. The molecule has 1 heterocycles. The minimum atomic E-state index is -0.310. The molecule has 0 radical (unpaired) electrons. The van der Waals surface area contributed by atoms with Crippen molar-refractivity contribution in [2.24, 2.45) is 16.5 Å². The SMILES string of the molecule is CC(C)(C)N1CC(=NC/C(=C/F)CN)C(=CN)C1=O. The van der Waals surface area contributed by atoms with Gasteiger partial charge in [-0.3, -0.25) is 9.79 Å². The van der Waals surface area contributed by atoms with E-state index in [1.807, 2.05) is 20.8 Å². The van der Waals surface area contributed by atoms with Gasteiger partial charge in [0.15, 0.2) is 0 Å². The first-order valence-electron chi connectivity index (χ1n) is 6.11. The maximum Gasteiger partial charge on any atom is 0.258 e. The third kappa shape index (κ3) is 3.41. The minimum absolute atomic E-state index is 0.103. The third-order valence-electron chi connectivity index (χ3n) is 2.96. The summed E-state index contributed by atoms with van der Waals surface area (Å²) in [6, 6.07) is 0. The molecule has 106 valence electrons. The highest BCUT2D eigenvalue weighted by atomic mass is 19.1. The first-order valence-corrected chi connectivity index (χ1v) is 6.11. The van der Waals surface area contributed by atoms with E-state index in [-0.39, 0.29) is 24.5 Å². The molecule has 0 spiro atoms. The highest BCUT2D eigenvalue weighted by Gasteiger charge is 2.37. The summed E-state index contributed by atoms with van der Waals surface area (Å²) < 4.78 is 12.4. The molecule has 0 aromatic rings. The number of nitrogens with two attached hydrogens (primary N) is 2. The fourth-order valence-corrected chi connectivity index (χ4v) is 1.76. The largest absolute Gasteiger partial charge is 0.404 e. The molecule has 0 aromatic heterocycles. The molecule has 0 aliphatic carbocycles. The molecular formula is C13H21FN4O. The van der Waals surface area contributed by atoms with E-state index in [0.717, 1.165) is 0 Å². The Bertz CT molecular complexity index is 446. The van der Waals surface area contributed by atoms with Crippen LogP contribution in [-0.2, 0) is 4.79 Å². The fourth-order valence-electron chi connectivity index (χ4n) is 1.76. The van der Waals surface area contributed by atoms with Crippen LogP contribution in [-0.4, -0.2) is 41.7 Å². The van der Waals surface area contributed by atoms with Gasteiger partial charge in [0.25, 0.3) is 5.91 Å².